The molecule has 2 N–H and O–H groups in total. The van der Waals surface area contributed by atoms with Crippen LogP contribution in [0.3, 0.4) is 0 Å². The Balaban J connectivity index is 1.89. The van der Waals surface area contributed by atoms with Crippen LogP contribution in [0.25, 0.3) is 0 Å². The SMILES string of the molecule is COC(=O)C(C)(N)CC(C)N1CCN2CCCC2C1. The summed E-state index contributed by atoms with van der Waals surface area (Å²) in [5.74, 6) is -0.321. The molecule has 0 aromatic rings. The number of hydrogen-bond acceptors (Lipinski definition) is 5. The highest BCUT2D eigenvalue weighted by molar-refractivity contribution is 5.79. The molecule has 0 aliphatic carbocycles. The summed E-state index contributed by atoms with van der Waals surface area (Å²) in [5, 5.41) is 0. The third-order valence-electron chi connectivity index (χ3n) is 4.61. The molecule has 2 fully saturated rings. The molecular formula is C14H27N3O2. The number of nitrogens with zero attached hydrogens (tertiary/aromatic N) is 2. The van der Waals surface area contributed by atoms with E-state index in [1.54, 1.807) is 6.92 Å². The molecule has 19 heavy (non-hydrogen) atoms. The third kappa shape index (κ3) is 3.27. The molecular weight excluding hydrogens is 242 g/mol. The van der Waals surface area contributed by atoms with Crippen LogP contribution in [0.2, 0.25) is 0 Å². The predicted molar refractivity (Wildman–Crippen MR) is 74.9 cm³/mol. The van der Waals surface area contributed by atoms with Gasteiger partial charge in [-0.05, 0) is 39.7 Å². The molecule has 0 aromatic carbocycles. The summed E-state index contributed by atoms with van der Waals surface area (Å²) in [7, 11) is 1.40. The Morgan fingerprint density at radius 1 is 1.47 bits per heavy atom. The summed E-state index contributed by atoms with van der Waals surface area (Å²) in [5.41, 5.74) is 5.19. The van der Waals surface area contributed by atoms with E-state index >= 15 is 0 Å². The normalized spacial score (nSPS) is 29.6. The molecule has 2 rings (SSSR count). The largest absolute Gasteiger partial charge is 0.468 e. The average molecular weight is 269 g/mol. The van der Waals surface area contributed by atoms with Crippen LogP contribution in [0, 0.1) is 0 Å². The molecule has 0 saturated carbocycles. The first-order valence-corrected chi connectivity index (χ1v) is 7.29. The van der Waals surface area contributed by atoms with E-state index in [9.17, 15) is 4.79 Å². The Kier molecular flexibility index (Phi) is 4.48. The fraction of sp³-hybridized carbons (Fsp3) is 0.929. The van der Waals surface area contributed by atoms with E-state index < -0.39 is 5.54 Å². The Hall–Kier alpha value is -0.650. The van der Waals surface area contributed by atoms with Gasteiger partial charge in [0.15, 0.2) is 0 Å². The number of fused-ring (bicyclic) bond motifs is 1. The van der Waals surface area contributed by atoms with E-state index in [-0.39, 0.29) is 5.97 Å². The number of methoxy groups -OCH3 is 1. The molecule has 0 amide bonds. The fourth-order valence-electron chi connectivity index (χ4n) is 3.47. The van der Waals surface area contributed by atoms with E-state index in [2.05, 4.69) is 16.7 Å². The van der Waals surface area contributed by atoms with Gasteiger partial charge in [0.1, 0.15) is 5.54 Å². The Morgan fingerprint density at radius 3 is 2.89 bits per heavy atom. The highest BCUT2D eigenvalue weighted by Gasteiger charge is 2.36. The zero-order valence-corrected chi connectivity index (χ0v) is 12.4. The van der Waals surface area contributed by atoms with Gasteiger partial charge in [-0.3, -0.25) is 14.6 Å². The van der Waals surface area contributed by atoms with Crippen LogP contribution >= 0.6 is 0 Å². The van der Waals surface area contributed by atoms with Gasteiger partial charge in [-0.15, -0.1) is 0 Å². The second-order valence-corrected chi connectivity index (χ2v) is 6.29. The molecule has 3 atom stereocenters. The summed E-state index contributed by atoms with van der Waals surface area (Å²) >= 11 is 0. The van der Waals surface area contributed by atoms with Gasteiger partial charge >= 0.3 is 5.97 Å². The minimum Gasteiger partial charge on any atom is -0.468 e. The van der Waals surface area contributed by atoms with Gasteiger partial charge < -0.3 is 10.5 Å². The van der Waals surface area contributed by atoms with Gasteiger partial charge in [0.05, 0.1) is 7.11 Å². The van der Waals surface area contributed by atoms with Crippen LogP contribution in [0.1, 0.15) is 33.1 Å². The van der Waals surface area contributed by atoms with Crippen LogP contribution < -0.4 is 5.73 Å². The molecule has 2 saturated heterocycles. The molecule has 0 spiro atoms. The van der Waals surface area contributed by atoms with Crippen LogP contribution in [-0.4, -0.2) is 66.7 Å². The Labute approximate surface area is 116 Å². The van der Waals surface area contributed by atoms with E-state index in [1.807, 2.05) is 0 Å². The lowest BCUT2D eigenvalue weighted by molar-refractivity contribution is -0.147. The highest BCUT2D eigenvalue weighted by Crippen LogP contribution is 2.24. The summed E-state index contributed by atoms with van der Waals surface area (Å²) in [6.45, 7) is 8.52. The standard InChI is InChI=1S/C14H27N3O2/c1-11(9-14(2,15)13(18)19-3)17-8-7-16-6-4-5-12(16)10-17/h11-12H,4-10,15H2,1-3H3. The Bertz CT molecular complexity index is 333. The molecule has 5 nitrogen and oxygen atoms in total. The van der Waals surface area contributed by atoms with Gasteiger partial charge in [0.2, 0.25) is 0 Å². The lowest BCUT2D eigenvalue weighted by Gasteiger charge is -2.42. The number of piperazine rings is 1. The molecule has 0 bridgehead atoms. The number of rotatable bonds is 4. The quantitative estimate of drug-likeness (QED) is 0.750. The molecule has 3 unspecified atom stereocenters. The number of carbonyl (C=O) groups is 1. The first-order valence-electron chi connectivity index (χ1n) is 7.29. The fourth-order valence-corrected chi connectivity index (χ4v) is 3.47. The predicted octanol–water partition coefficient (Wildman–Crippen LogP) is 0.435. The van der Waals surface area contributed by atoms with Crippen LogP contribution in [0.15, 0.2) is 0 Å². The Morgan fingerprint density at radius 2 is 2.21 bits per heavy atom. The number of esters is 1. The summed E-state index contributed by atoms with van der Waals surface area (Å²) in [4.78, 5) is 16.7. The van der Waals surface area contributed by atoms with Gasteiger partial charge in [0.25, 0.3) is 0 Å². The minimum absolute atomic E-state index is 0.317. The lowest BCUT2D eigenvalue weighted by atomic mass is 9.93. The maximum atomic E-state index is 11.7. The second-order valence-electron chi connectivity index (χ2n) is 6.29. The maximum Gasteiger partial charge on any atom is 0.325 e. The zero-order valence-electron chi connectivity index (χ0n) is 12.4. The topological polar surface area (TPSA) is 58.8 Å². The van der Waals surface area contributed by atoms with Crippen molar-refractivity contribution in [3.63, 3.8) is 0 Å². The number of nitrogens with two attached hydrogens (primary N) is 1. The molecule has 0 aromatic heterocycles. The minimum atomic E-state index is -0.888. The van der Waals surface area contributed by atoms with Gasteiger partial charge in [-0.2, -0.15) is 0 Å². The highest BCUT2D eigenvalue weighted by atomic mass is 16.5. The van der Waals surface area contributed by atoms with Crippen molar-refractivity contribution in [1.29, 1.82) is 0 Å². The second kappa shape index (κ2) is 5.77. The van der Waals surface area contributed by atoms with Crippen molar-refractivity contribution in [1.82, 2.24) is 9.80 Å². The number of ether oxygens (including phenoxy) is 1. The smallest absolute Gasteiger partial charge is 0.325 e. The zero-order chi connectivity index (χ0) is 14.0. The third-order valence-corrected chi connectivity index (χ3v) is 4.61. The summed E-state index contributed by atoms with van der Waals surface area (Å²) in [6.07, 6.45) is 3.27. The number of hydrogen-bond donors (Lipinski definition) is 1. The summed E-state index contributed by atoms with van der Waals surface area (Å²) < 4.78 is 4.78. The summed E-state index contributed by atoms with van der Waals surface area (Å²) in [6, 6.07) is 1.02. The van der Waals surface area contributed by atoms with Gasteiger partial charge in [0, 0.05) is 31.7 Å². The van der Waals surface area contributed by atoms with Gasteiger partial charge in [-0.1, -0.05) is 0 Å². The molecule has 2 aliphatic rings. The van der Waals surface area contributed by atoms with Crippen LogP contribution in [0.4, 0.5) is 0 Å². The van der Waals surface area contributed by atoms with Crippen molar-refractivity contribution < 1.29 is 9.53 Å². The van der Waals surface area contributed by atoms with Crippen LogP contribution in [0.5, 0.6) is 0 Å². The van der Waals surface area contributed by atoms with Crippen molar-refractivity contribution in [2.24, 2.45) is 5.73 Å². The lowest BCUT2D eigenvalue weighted by Crippen LogP contribution is -2.56. The maximum absolute atomic E-state index is 11.7. The molecule has 2 aliphatic heterocycles. The van der Waals surface area contributed by atoms with E-state index in [0.717, 1.165) is 19.6 Å². The monoisotopic (exact) mass is 269 g/mol. The first kappa shape index (κ1) is 14.8. The van der Waals surface area contributed by atoms with Crippen molar-refractivity contribution in [2.45, 2.75) is 50.7 Å². The molecule has 0 radical (unpaired) electrons. The van der Waals surface area contributed by atoms with Crippen molar-refractivity contribution in [2.75, 3.05) is 33.3 Å². The van der Waals surface area contributed by atoms with Crippen molar-refractivity contribution in [3.05, 3.63) is 0 Å². The molecule has 5 heteroatoms. The van der Waals surface area contributed by atoms with Crippen molar-refractivity contribution in [3.8, 4) is 0 Å². The van der Waals surface area contributed by atoms with Crippen LogP contribution in [-0.2, 0) is 9.53 Å². The molecule has 2 heterocycles. The van der Waals surface area contributed by atoms with E-state index in [4.69, 9.17) is 10.5 Å². The van der Waals surface area contributed by atoms with E-state index in [1.165, 1.54) is 26.5 Å². The van der Waals surface area contributed by atoms with E-state index in [0.29, 0.717) is 18.5 Å². The number of carbonyl (C=O) groups excluding carboxylic acids is 1. The first-order chi connectivity index (χ1) is 8.94. The van der Waals surface area contributed by atoms with Crippen molar-refractivity contribution >= 4 is 5.97 Å². The average Bonchev–Trinajstić information content (AvgIpc) is 2.84. The van der Waals surface area contributed by atoms with Gasteiger partial charge in [-0.25, -0.2) is 0 Å². The molecule has 110 valence electrons.